The van der Waals surface area contributed by atoms with Crippen LogP contribution in [0.1, 0.15) is 22.4 Å². The summed E-state index contributed by atoms with van der Waals surface area (Å²) >= 11 is 0. The highest BCUT2D eigenvalue weighted by atomic mass is 32.2. The molecule has 1 N–H and O–H groups in total. The van der Waals surface area contributed by atoms with Crippen LogP contribution in [0, 0.1) is 12.7 Å². The molecule has 0 spiro atoms. The number of nitrogens with zero attached hydrogens (tertiary/aromatic N) is 2. The maximum absolute atomic E-state index is 13.9. The molecule has 4 rings (SSSR count). The van der Waals surface area contributed by atoms with Gasteiger partial charge in [-0.2, -0.15) is 0 Å². The van der Waals surface area contributed by atoms with Crippen LogP contribution < -0.4 is 4.31 Å². The van der Waals surface area contributed by atoms with Crippen LogP contribution in [-0.2, 0) is 27.8 Å². The number of carbonyl (C=O) groups is 1. The molecular weight excluding hydrogens is 395 g/mol. The van der Waals surface area contributed by atoms with E-state index in [-0.39, 0.29) is 6.54 Å². The molecule has 0 bridgehead atoms. The number of hydrogen-bond acceptors (Lipinski definition) is 3. The van der Waals surface area contributed by atoms with Crippen LogP contribution in [0.4, 0.5) is 10.1 Å². The van der Waals surface area contributed by atoms with E-state index in [1.54, 1.807) is 22.8 Å². The van der Waals surface area contributed by atoms with Gasteiger partial charge in [0.1, 0.15) is 12.4 Å². The van der Waals surface area contributed by atoms with Gasteiger partial charge in [-0.3, -0.25) is 9.10 Å². The van der Waals surface area contributed by atoms with E-state index in [1.165, 1.54) is 28.9 Å². The molecule has 0 atom stereocenters. The van der Waals surface area contributed by atoms with Crippen molar-refractivity contribution in [2.24, 2.45) is 0 Å². The van der Waals surface area contributed by atoms with E-state index in [9.17, 15) is 22.7 Å². The van der Waals surface area contributed by atoms with Crippen molar-refractivity contribution in [1.29, 1.82) is 0 Å². The zero-order valence-electron chi connectivity index (χ0n) is 15.9. The third-order valence-electron chi connectivity index (χ3n) is 5.33. The Morgan fingerprint density at radius 2 is 1.93 bits per heavy atom. The van der Waals surface area contributed by atoms with Crippen LogP contribution in [0.5, 0.6) is 0 Å². The Morgan fingerprint density at radius 1 is 1.17 bits per heavy atom. The van der Waals surface area contributed by atoms with Crippen molar-refractivity contribution in [3.05, 3.63) is 70.0 Å². The zero-order valence-corrected chi connectivity index (χ0v) is 16.7. The normalized spacial score (nSPS) is 14.9. The lowest BCUT2D eigenvalue weighted by Gasteiger charge is -2.23. The molecule has 0 aliphatic carbocycles. The molecule has 1 aromatic heterocycles. The quantitative estimate of drug-likeness (QED) is 0.709. The predicted molar refractivity (Wildman–Crippen MR) is 110 cm³/mol. The lowest BCUT2D eigenvalue weighted by Crippen LogP contribution is -2.27. The maximum atomic E-state index is 13.9. The number of carboxylic acids is 1. The van der Waals surface area contributed by atoms with E-state index in [2.05, 4.69) is 0 Å². The Balaban J connectivity index is 1.82. The van der Waals surface area contributed by atoms with Crippen LogP contribution in [0.2, 0.25) is 0 Å². The van der Waals surface area contributed by atoms with Crippen molar-refractivity contribution in [1.82, 2.24) is 4.57 Å². The van der Waals surface area contributed by atoms with Gasteiger partial charge in [-0.1, -0.05) is 12.1 Å². The Kier molecular flexibility index (Phi) is 4.46. The van der Waals surface area contributed by atoms with Gasteiger partial charge in [-0.05, 0) is 60.4 Å². The molecular formula is C21H19FN2O4S. The van der Waals surface area contributed by atoms with Gasteiger partial charge in [0.05, 0.1) is 11.1 Å². The second-order valence-electron chi connectivity index (χ2n) is 7.09. The molecule has 2 aromatic carbocycles. The van der Waals surface area contributed by atoms with Gasteiger partial charge in [-0.15, -0.1) is 0 Å². The van der Waals surface area contributed by atoms with Crippen molar-refractivity contribution < 1.29 is 22.7 Å². The minimum atomic E-state index is -3.49. The van der Waals surface area contributed by atoms with Gasteiger partial charge >= 0.3 is 5.97 Å². The van der Waals surface area contributed by atoms with E-state index in [4.69, 9.17) is 0 Å². The summed E-state index contributed by atoms with van der Waals surface area (Å²) in [7, 11) is -1.99. The summed E-state index contributed by atoms with van der Waals surface area (Å²) in [6, 6.07) is 9.85. The Morgan fingerprint density at radius 3 is 2.66 bits per heavy atom. The van der Waals surface area contributed by atoms with Gasteiger partial charge in [0, 0.05) is 23.6 Å². The third-order valence-corrected chi connectivity index (χ3v) is 6.77. The van der Waals surface area contributed by atoms with Crippen LogP contribution in [0.15, 0.2) is 41.8 Å². The number of aliphatic carboxylic acids is 1. The number of rotatable bonds is 4. The minimum Gasteiger partial charge on any atom is -0.480 e. The van der Waals surface area contributed by atoms with Crippen molar-refractivity contribution in [2.75, 3.05) is 11.4 Å². The van der Waals surface area contributed by atoms with E-state index in [1.807, 2.05) is 19.1 Å². The molecule has 0 saturated heterocycles. The first-order chi connectivity index (χ1) is 13.7. The lowest BCUT2D eigenvalue weighted by molar-refractivity contribution is -0.137. The highest BCUT2D eigenvalue weighted by Gasteiger charge is 2.23. The van der Waals surface area contributed by atoms with Gasteiger partial charge < -0.3 is 9.67 Å². The van der Waals surface area contributed by atoms with Crippen molar-refractivity contribution in [2.45, 2.75) is 19.9 Å². The van der Waals surface area contributed by atoms with Crippen LogP contribution in [-0.4, -0.2) is 31.1 Å². The lowest BCUT2D eigenvalue weighted by atomic mass is 9.99. The van der Waals surface area contributed by atoms with Crippen molar-refractivity contribution >= 4 is 38.7 Å². The average Bonchev–Trinajstić information content (AvgIpc) is 2.90. The van der Waals surface area contributed by atoms with Gasteiger partial charge in [0.15, 0.2) is 0 Å². The molecule has 0 saturated carbocycles. The van der Waals surface area contributed by atoms with E-state index in [0.717, 1.165) is 22.4 Å². The molecule has 0 unspecified atom stereocenters. The van der Waals surface area contributed by atoms with Gasteiger partial charge in [0.25, 0.3) is 10.0 Å². The summed E-state index contributed by atoms with van der Waals surface area (Å²) < 4.78 is 41.0. The first-order valence-electron chi connectivity index (χ1n) is 8.96. The molecule has 2 heterocycles. The third kappa shape index (κ3) is 3.29. The number of fused-ring (bicyclic) bond motifs is 2. The fourth-order valence-corrected chi connectivity index (χ4v) is 4.72. The molecule has 0 amide bonds. The van der Waals surface area contributed by atoms with E-state index >= 15 is 0 Å². The van der Waals surface area contributed by atoms with Gasteiger partial charge in [-0.25, -0.2) is 12.8 Å². The number of sulfonamides is 1. The molecule has 8 heteroatoms. The fourth-order valence-electron chi connectivity index (χ4n) is 3.79. The Bertz CT molecular complexity index is 1290. The van der Waals surface area contributed by atoms with E-state index < -0.39 is 21.8 Å². The molecule has 150 valence electrons. The largest absolute Gasteiger partial charge is 0.480 e. The molecule has 6 nitrogen and oxygen atoms in total. The second-order valence-corrected chi connectivity index (χ2v) is 8.94. The molecule has 1 aliphatic heterocycles. The minimum absolute atomic E-state index is 0.218. The zero-order chi connectivity index (χ0) is 20.9. The number of carboxylic acid groups (broad SMARTS) is 1. The highest BCUT2D eigenvalue weighted by molar-refractivity contribution is 7.95. The Labute approximate surface area is 167 Å². The summed E-state index contributed by atoms with van der Waals surface area (Å²) in [5.41, 5.74) is 4.43. The average molecular weight is 414 g/mol. The number of hydrogen-bond donors (Lipinski definition) is 1. The monoisotopic (exact) mass is 414 g/mol. The van der Waals surface area contributed by atoms with Crippen molar-refractivity contribution in [3.63, 3.8) is 0 Å². The van der Waals surface area contributed by atoms with E-state index in [0.29, 0.717) is 23.0 Å². The smallest absolute Gasteiger partial charge is 0.323 e. The predicted octanol–water partition coefficient (Wildman–Crippen LogP) is 3.51. The van der Waals surface area contributed by atoms with Crippen LogP contribution in [0.25, 0.3) is 17.0 Å². The van der Waals surface area contributed by atoms with Crippen LogP contribution >= 0.6 is 0 Å². The van der Waals surface area contributed by atoms with Crippen molar-refractivity contribution in [3.8, 4) is 0 Å². The van der Waals surface area contributed by atoms with Gasteiger partial charge in [0.2, 0.25) is 0 Å². The molecule has 3 aromatic rings. The highest BCUT2D eigenvalue weighted by Crippen LogP contribution is 2.33. The SMILES string of the molecule is Cc1c(Cc2ccc3c(c2)N(C)S(=O)(=O)C=C3)c2cc(F)ccc2n1CC(=O)O. The summed E-state index contributed by atoms with van der Waals surface area (Å²) in [5, 5.41) is 11.1. The molecule has 1 aliphatic rings. The number of aromatic nitrogens is 1. The fraction of sp³-hybridized carbons (Fsp3) is 0.190. The summed E-state index contributed by atoms with van der Waals surface area (Å²) in [6.45, 7) is 1.60. The van der Waals surface area contributed by atoms with Crippen LogP contribution in [0.3, 0.4) is 0 Å². The molecule has 0 radical (unpaired) electrons. The number of halogens is 1. The number of benzene rings is 2. The second kappa shape index (κ2) is 6.73. The number of anilines is 1. The first kappa shape index (κ1) is 19.2. The topological polar surface area (TPSA) is 79.6 Å². The molecule has 0 fully saturated rings. The summed E-state index contributed by atoms with van der Waals surface area (Å²) in [5.74, 6) is -1.37. The molecule has 29 heavy (non-hydrogen) atoms. The Hall–Kier alpha value is -3.13. The standard InChI is InChI=1S/C21H19FN2O4S/c1-13-17(18-11-16(22)5-6-19(18)24(13)12-21(25)26)9-14-3-4-15-7-8-29(27,28)23(2)20(15)10-14/h3-8,10-11H,9,12H2,1-2H3,(H,25,26). The summed E-state index contributed by atoms with van der Waals surface area (Å²) in [4.78, 5) is 11.3. The maximum Gasteiger partial charge on any atom is 0.323 e. The summed E-state index contributed by atoms with van der Waals surface area (Å²) in [6.07, 6.45) is 1.98. The first-order valence-corrected chi connectivity index (χ1v) is 10.5.